The van der Waals surface area contributed by atoms with Crippen LogP contribution in [-0.4, -0.2) is 20.4 Å². The highest BCUT2D eigenvalue weighted by atomic mass is 32.2. The number of carbonyl (C=O) groups is 1. The maximum absolute atomic E-state index is 12.7. The molecule has 2 N–H and O–H groups in total. The van der Waals surface area contributed by atoms with E-state index in [1.54, 1.807) is 31.2 Å². The van der Waals surface area contributed by atoms with E-state index in [-0.39, 0.29) is 16.2 Å². The smallest absolute Gasteiger partial charge is 0.265 e. The van der Waals surface area contributed by atoms with Crippen LogP contribution in [0.15, 0.2) is 71.6 Å². The number of anilines is 2. The van der Waals surface area contributed by atoms with Gasteiger partial charge in [0.1, 0.15) is 5.75 Å². The Bertz CT molecular complexity index is 1240. The lowest BCUT2D eigenvalue weighted by molar-refractivity contribution is -0.122. The third kappa shape index (κ3) is 6.60. The Kier molecular flexibility index (Phi) is 7.36. The number of rotatable bonds is 7. The van der Waals surface area contributed by atoms with E-state index in [9.17, 15) is 13.2 Å². The van der Waals surface area contributed by atoms with Crippen molar-refractivity contribution in [1.82, 2.24) is 0 Å². The summed E-state index contributed by atoms with van der Waals surface area (Å²) in [5.41, 5.74) is 4.15. The van der Waals surface area contributed by atoms with Gasteiger partial charge >= 0.3 is 0 Å². The molecule has 0 aromatic heterocycles. The van der Waals surface area contributed by atoms with Crippen LogP contribution in [0.25, 0.3) is 0 Å². The van der Waals surface area contributed by atoms with E-state index in [1.807, 2.05) is 44.2 Å². The standard InChI is InChI=1S/C27H32N2O4S/c1-18-15-19(2)17-23(16-18)29-34(31,32)25-13-9-22(10-14-25)28-26(30)20(3)33-24-11-7-21(8-12-24)27(4,5)6/h7-17,20,29H,1-6H3,(H,28,30). The Morgan fingerprint density at radius 2 is 1.41 bits per heavy atom. The van der Waals surface area contributed by atoms with Gasteiger partial charge in [-0.05, 0) is 91.4 Å². The Morgan fingerprint density at radius 3 is 1.94 bits per heavy atom. The van der Waals surface area contributed by atoms with Crippen LogP contribution in [0.5, 0.6) is 5.75 Å². The van der Waals surface area contributed by atoms with Gasteiger partial charge in [-0.3, -0.25) is 9.52 Å². The maximum atomic E-state index is 12.7. The van der Waals surface area contributed by atoms with E-state index in [2.05, 4.69) is 30.8 Å². The highest BCUT2D eigenvalue weighted by Gasteiger charge is 2.18. The molecule has 0 aliphatic carbocycles. The van der Waals surface area contributed by atoms with E-state index >= 15 is 0 Å². The lowest BCUT2D eigenvalue weighted by Crippen LogP contribution is -2.30. The van der Waals surface area contributed by atoms with Crippen LogP contribution in [-0.2, 0) is 20.2 Å². The second-order valence-electron chi connectivity index (χ2n) is 9.53. The van der Waals surface area contributed by atoms with Crippen molar-refractivity contribution in [3.05, 3.63) is 83.4 Å². The Hall–Kier alpha value is -3.32. The van der Waals surface area contributed by atoms with Crippen molar-refractivity contribution >= 4 is 27.3 Å². The molecule has 0 heterocycles. The van der Waals surface area contributed by atoms with Crippen LogP contribution in [0.4, 0.5) is 11.4 Å². The zero-order chi connectivity index (χ0) is 25.1. The SMILES string of the molecule is Cc1cc(C)cc(NS(=O)(=O)c2ccc(NC(=O)C(C)Oc3ccc(C(C)(C)C)cc3)cc2)c1. The molecule has 1 amide bonds. The maximum Gasteiger partial charge on any atom is 0.265 e. The molecule has 3 aromatic rings. The number of carbonyl (C=O) groups excluding carboxylic acids is 1. The molecular formula is C27H32N2O4S. The molecule has 3 aromatic carbocycles. The number of hydrogen-bond donors (Lipinski definition) is 2. The molecule has 0 fully saturated rings. The first-order valence-electron chi connectivity index (χ1n) is 11.1. The summed E-state index contributed by atoms with van der Waals surface area (Å²) in [5, 5.41) is 2.76. The third-order valence-electron chi connectivity index (χ3n) is 5.31. The molecule has 0 radical (unpaired) electrons. The normalized spacial score (nSPS) is 12.6. The molecule has 0 spiro atoms. The zero-order valence-corrected chi connectivity index (χ0v) is 21.3. The van der Waals surface area contributed by atoms with Gasteiger partial charge in [-0.1, -0.05) is 39.0 Å². The van der Waals surface area contributed by atoms with Gasteiger partial charge in [0.15, 0.2) is 6.10 Å². The minimum Gasteiger partial charge on any atom is -0.481 e. The number of aryl methyl sites for hydroxylation is 2. The second-order valence-corrected chi connectivity index (χ2v) is 11.2. The molecule has 0 bridgehead atoms. The highest BCUT2D eigenvalue weighted by molar-refractivity contribution is 7.92. The van der Waals surface area contributed by atoms with Crippen molar-refractivity contribution in [1.29, 1.82) is 0 Å². The monoisotopic (exact) mass is 480 g/mol. The van der Waals surface area contributed by atoms with Crippen LogP contribution < -0.4 is 14.8 Å². The van der Waals surface area contributed by atoms with Gasteiger partial charge in [-0.15, -0.1) is 0 Å². The predicted octanol–water partition coefficient (Wildman–Crippen LogP) is 5.81. The molecule has 0 aliphatic heterocycles. The quantitative estimate of drug-likeness (QED) is 0.447. The van der Waals surface area contributed by atoms with Crippen molar-refractivity contribution in [2.75, 3.05) is 10.0 Å². The molecule has 0 saturated carbocycles. The molecule has 180 valence electrons. The van der Waals surface area contributed by atoms with Crippen LogP contribution in [0, 0.1) is 13.8 Å². The highest BCUT2D eigenvalue weighted by Crippen LogP contribution is 2.25. The van der Waals surface area contributed by atoms with E-state index in [0.29, 0.717) is 17.1 Å². The second kappa shape index (κ2) is 9.89. The predicted molar refractivity (Wildman–Crippen MR) is 137 cm³/mol. The third-order valence-corrected chi connectivity index (χ3v) is 6.71. The Labute approximate surface area is 202 Å². The molecule has 0 aliphatic rings. The summed E-state index contributed by atoms with van der Waals surface area (Å²) in [6, 6.07) is 19.2. The molecule has 3 rings (SSSR count). The summed E-state index contributed by atoms with van der Waals surface area (Å²) in [6.45, 7) is 11.9. The minimum absolute atomic E-state index is 0.0374. The van der Waals surface area contributed by atoms with Crippen LogP contribution in [0.3, 0.4) is 0 Å². The molecule has 6 nitrogen and oxygen atoms in total. The topological polar surface area (TPSA) is 84.5 Å². The number of benzene rings is 3. The number of hydrogen-bond acceptors (Lipinski definition) is 4. The summed E-state index contributed by atoms with van der Waals surface area (Å²) in [5.74, 6) is 0.276. The molecule has 0 saturated heterocycles. The fourth-order valence-electron chi connectivity index (χ4n) is 3.50. The van der Waals surface area contributed by atoms with Crippen LogP contribution in [0.2, 0.25) is 0 Å². The summed E-state index contributed by atoms with van der Waals surface area (Å²) in [7, 11) is -3.75. The van der Waals surface area contributed by atoms with Gasteiger partial charge in [0.2, 0.25) is 0 Å². The van der Waals surface area contributed by atoms with Gasteiger partial charge in [-0.25, -0.2) is 8.42 Å². The van der Waals surface area contributed by atoms with Gasteiger partial charge in [0, 0.05) is 11.4 Å². The summed E-state index contributed by atoms with van der Waals surface area (Å²) < 4.78 is 33.8. The fourth-order valence-corrected chi connectivity index (χ4v) is 4.54. The van der Waals surface area contributed by atoms with E-state index in [0.717, 1.165) is 11.1 Å². The Morgan fingerprint density at radius 1 is 0.853 bits per heavy atom. The molecule has 1 atom stereocenters. The van der Waals surface area contributed by atoms with Crippen molar-refractivity contribution in [2.24, 2.45) is 0 Å². The van der Waals surface area contributed by atoms with Gasteiger partial charge in [0.25, 0.3) is 15.9 Å². The summed E-state index contributed by atoms with van der Waals surface area (Å²) in [6.07, 6.45) is -0.727. The first-order valence-corrected chi connectivity index (χ1v) is 12.6. The van der Waals surface area contributed by atoms with E-state index < -0.39 is 16.1 Å². The average Bonchev–Trinajstić information content (AvgIpc) is 2.72. The van der Waals surface area contributed by atoms with E-state index in [1.165, 1.54) is 17.7 Å². The Balaban J connectivity index is 1.62. The molecule has 7 heteroatoms. The first-order chi connectivity index (χ1) is 15.8. The average molecular weight is 481 g/mol. The van der Waals surface area contributed by atoms with Crippen molar-refractivity contribution in [2.45, 2.75) is 58.0 Å². The largest absolute Gasteiger partial charge is 0.481 e. The van der Waals surface area contributed by atoms with Crippen molar-refractivity contribution < 1.29 is 17.9 Å². The van der Waals surface area contributed by atoms with Gasteiger partial charge in [-0.2, -0.15) is 0 Å². The fraction of sp³-hybridized carbons (Fsp3) is 0.296. The van der Waals surface area contributed by atoms with Crippen molar-refractivity contribution in [3.8, 4) is 5.75 Å². The van der Waals surface area contributed by atoms with Gasteiger partial charge < -0.3 is 10.1 Å². The molecule has 1 unspecified atom stereocenters. The lowest BCUT2D eigenvalue weighted by atomic mass is 9.87. The van der Waals surface area contributed by atoms with Crippen LogP contribution >= 0.6 is 0 Å². The summed E-state index contributed by atoms with van der Waals surface area (Å²) in [4.78, 5) is 12.7. The van der Waals surface area contributed by atoms with Gasteiger partial charge in [0.05, 0.1) is 4.90 Å². The van der Waals surface area contributed by atoms with E-state index in [4.69, 9.17) is 4.74 Å². The summed E-state index contributed by atoms with van der Waals surface area (Å²) >= 11 is 0. The lowest BCUT2D eigenvalue weighted by Gasteiger charge is -2.20. The zero-order valence-electron chi connectivity index (χ0n) is 20.5. The minimum atomic E-state index is -3.75. The number of sulfonamides is 1. The van der Waals surface area contributed by atoms with Crippen LogP contribution in [0.1, 0.15) is 44.4 Å². The number of amides is 1. The first kappa shape index (κ1) is 25.3. The number of nitrogens with one attached hydrogen (secondary N) is 2. The molecular weight excluding hydrogens is 448 g/mol. The molecule has 34 heavy (non-hydrogen) atoms. The number of ether oxygens (including phenoxy) is 1. The van der Waals surface area contributed by atoms with Crippen molar-refractivity contribution in [3.63, 3.8) is 0 Å².